The normalized spacial score (nSPS) is 11.0. The first-order chi connectivity index (χ1) is 9.99. The molecule has 0 saturated heterocycles. The Labute approximate surface area is 134 Å². The van der Waals surface area contributed by atoms with Crippen molar-refractivity contribution in [2.75, 3.05) is 11.9 Å². The van der Waals surface area contributed by atoms with E-state index in [9.17, 15) is 0 Å². The van der Waals surface area contributed by atoms with Crippen LogP contribution in [0.5, 0.6) is 0 Å². The Kier molecular flexibility index (Phi) is 4.98. The molecule has 0 aliphatic carbocycles. The second-order valence-corrected chi connectivity index (χ2v) is 5.91. The molecule has 0 aliphatic rings. The zero-order chi connectivity index (χ0) is 15.6. The van der Waals surface area contributed by atoms with E-state index in [4.69, 9.17) is 4.98 Å². The van der Waals surface area contributed by atoms with Gasteiger partial charge in [-0.3, -0.25) is 0 Å². The summed E-state index contributed by atoms with van der Waals surface area (Å²) >= 11 is 3.58. The fourth-order valence-electron chi connectivity index (χ4n) is 2.26. The second-order valence-electron chi connectivity index (χ2n) is 5.11. The average Bonchev–Trinajstić information content (AvgIpc) is 2.70. The molecule has 2 aromatic rings. The Morgan fingerprint density at radius 1 is 1.14 bits per heavy atom. The van der Waals surface area contributed by atoms with Gasteiger partial charge in [0.1, 0.15) is 11.6 Å². The second kappa shape index (κ2) is 6.56. The third-order valence-electron chi connectivity index (χ3n) is 3.39. The number of nitrogens with zero attached hydrogens (tertiary/aromatic N) is 4. The summed E-state index contributed by atoms with van der Waals surface area (Å²) in [5.74, 6) is 2.61. The van der Waals surface area contributed by atoms with Gasteiger partial charge < -0.3 is 5.32 Å². The maximum absolute atomic E-state index is 4.72. The van der Waals surface area contributed by atoms with Gasteiger partial charge in [-0.1, -0.05) is 6.92 Å². The van der Waals surface area contributed by atoms with Crippen LogP contribution < -0.4 is 5.32 Å². The molecular formula is C15H22BrN5. The molecule has 2 rings (SSSR count). The standard InChI is InChI=1S/C15H22BrN5/c1-6-8-12-18-14(17-7-2)9(3)15(19-12)21-11(5)13(16)10(4)20-21/h6-8H2,1-5H3,(H,17,18,19). The smallest absolute Gasteiger partial charge is 0.162 e. The van der Waals surface area contributed by atoms with Crippen LogP contribution in [-0.2, 0) is 6.42 Å². The first kappa shape index (κ1) is 15.9. The summed E-state index contributed by atoms with van der Waals surface area (Å²) in [6.07, 6.45) is 1.89. The van der Waals surface area contributed by atoms with Crippen LogP contribution in [0, 0.1) is 20.8 Å². The summed E-state index contributed by atoms with van der Waals surface area (Å²) in [6, 6.07) is 0. The SMILES string of the molecule is CCCc1nc(NCC)c(C)c(-n2nc(C)c(Br)c2C)n1. The number of aromatic nitrogens is 4. The first-order valence-electron chi connectivity index (χ1n) is 7.33. The van der Waals surface area contributed by atoms with E-state index in [1.165, 1.54) is 0 Å². The van der Waals surface area contributed by atoms with Crippen molar-refractivity contribution in [1.82, 2.24) is 19.7 Å². The van der Waals surface area contributed by atoms with Crippen LogP contribution in [0.4, 0.5) is 5.82 Å². The lowest BCUT2D eigenvalue weighted by Gasteiger charge is -2.14. The zero-order valence-electron chi connectivity index (χ0n) is 13.3. The van der Waals surface area contributed by atoms with Crippen molar-refractivity contribution in [1.29, 1.82) is 0 Å². The van der Waals surface area contributed by atoms with Gasteiger partial charge >= 0.3 is 0 Å². The number of anilines is 1. The molecule has 6 heteroatoms. The van der Waals surface area contributed by atoms with Crippen molar-refractivity contribution in [3.8, 4) is 5.82 Å². The molecule has 0 amide bonds. The molecule has 2 aromatic heterocycles. The molecule has 5 nitrogen and oxygen atoms in total. The van der Waals surface area contributed by atoms with Crippen LogP contribution in [0.25, 0.3) is 5.82 Å². The van der Waals surface area contributed by atoms with Crippen molar-refractivity contribution in [2.45, 2.75) is 47.5 Å². The molecule has 0 unspecified atom stereocenters. The molecular weight excluding hydrogens is 330 g/mol. The fourth-order valence-corrected chi connectivity index (χ4v) is 2.51. The quantitative estimate of drug-likeness (QED) is 0.891. The Morgan fingerprint density at radius 3 is 2.38 bits per heavy atom. The average molecular weight is 352 g/mol. The van der Waals surface area contributed by atoms with Crippen molar-refractivity contribution < 1.29 is 0 Å². The lowest BCUT2D eigenvalue weighted by Crippen LogP contribution is -2.12. The Balaban J connectivity index is 2.62. The third kappa shape index (κ3) is 3.10. The van der Waals surface area contributed by atoms with E-state index in [2.05, 4.69) is 45.2 Å². The Bertz CT molecular complexity index is 648. The summed E-state index contributed by atoms with van der Waals surface area (Å²) in [5.41, 5.74) is 3.04. The lowest BCUT2D eigenvalue weighted by atomic mass is 10.2. The van der Waals surface area contributed by atoms with Gasteiger partial charge in [0.25, 0.3) is 0 Å². The molecule has 21 heavy (non-hydrogen) atoms. The number of halogens is 1. The third-order valence-corrected chi connectivity index (χ3v) is 4.54. The largest absolute Gasteiger partial charge is 0.370 e. The van der Waals surface area contributed by atoms with Crippen LogP contribution in [-0.4, -0.2) is 26.3 Å². The molecule has 114 valence electrons. The maximum Gasteiger partial charge on any atom is 0.162 e. The molecule has 0 aliphatic heterocycles. The van der Waals surface area contributed by atoms with Gasteiger partial charge in [-0.25, -0.2) is 14.6 Å². The molecule has 0 atom stereocenters. The number of hydrogen-bond acceptors (Lipinski definition) is 4. The predicted molar refractivity (Wildman–Crippen MR) is 89.2 cm³/mol. The minimum Gasteiger partial charge on any atom is -0.370 e. The monoisotopic (exact) mass is 351 g/mol. The van der Waals surface area contributed by atoms with Crippen LogP contribution >= 0.6 is 15.9 Å². The van der Waals surface area contributed by atoms with Gasteiger partial charge in [-0.15, -0.1) is 0 Å². The number of hydrogen-bond donors (Lipinski definition) is 1. The molecule has 0 radical (unpaired) electrons. The van der Waals surface area contributed by atoms with E-state index in [-0.39, 0.29) is 0 Å². The summed E-state index contributed by atoms with van der Waals surface area (Å²) in [5, 5.41) is 7.92. The van der Waals surface area contributed by atoms with Crippen LogP contribution in [0.1, 0.15) is 43.0 Å². The number of nitrogens with one attached hydrogen (secondary N) is 1. The zero-order valence-corrected chi connectivity index (χ0v) is 14.9. The van der Waals surface area contributed by atoms with Gasteiger partial charge in [-0.05, 0) is 50.0 Å². The van der Waals surface area contributed by atoms with Gasteiger partial charge in [0.2, 0.25) is 0 Å². The predicted octanol–water partition coefficient (Wildman–Crippen LogP) is 3.73. The van der Waals surface area contributed by atoms with E-state index in [1.807, 2.05) is 25.5 Å². The van der Waals surface area contributed by atoms with Gasteiger partial charge in [0, 0.05) is 18.5 Å². The Morgan fingerprint density at radius 2 is 1.86 bits per heavy atom. The van der Waals surface area contributed by atoms with Crippen LogP contribution in [0.15, 0.2) is 4.47 Å². The van der Waals surface area contributed by atoms with Crippen LogP contribution in [0.2, 0.25) is 0 Å². The van der Waals surface area contributed by atoms with Crippen molar-refractivity contribution in [3.63, 3.8) is 0 Å². The molecule has 2 heterocycles. The molecule has 0 aromatic carbocycles. The van der Waals surface area contributed by atoms with Gasteiger partial charge in [0.05, 0.1) is 15.9 Å². The van der Waals surface area contributed by atoms with E-state index in [1.54, 1.807) is 0 Å². The van der Waals surface area contributed by atoms with E-state index < -0.39 is 0 Å². The first-order valence-corrected chi connectivity index (χ1v) is 8.12. The molecule has 0 spiro atoms. The Hall–Kier alpha value is -1.43. The van der Waals surface area contributed by atoms with E-state index in [0.29, 0.717) is 0 Å². The molecule has 0 bridgehead atoms. The lowest BCUT2D eigenvalue weighted by molar-refractivity contribution is 0.758. The summed E-state index contributed by atoms with van der Waals surface area (Å²) in [4.78, 5) is 9.34. The van der Waals surface area contributed by atoms with Crippen molar-refractivity contribution in [2.24, 2.45) is 0 Å². The molecule has 1 N–H and O–H groups in total. The highest BCUT2D eigenvalue weighted by Gasteiger charge is 2.17. The minimum atomic E-state index is 0.837. The highest BCUT2D eigenvalue weighted by atomic mass is 79.9. The van der Waals surface area contributed by atoms with Crippen molar-refractivity contribution >= 4 is 21.7 Å². The van der Waals surface area contributed by atoms with E-state index >= 15 is 0 Å². The molecule has 0 fully saturated rings. The van der Waals surface area contributed by atoms with E-state index in [0.717, 1.165) is 58.3 Å². The van der Waals surface area contributed by atoms with Gasteiger partial charge in [-0.2, -0.15) is 5.10 Å². The number of aryl methyl sites for hydroxylation is 2. The van der Waals surface area contributed by atoms with Crippen molar-refractivity contribution in [3.05, 3.63) is 27.2 Å². The molecule has 0 saturated carbocycles. The fraction of sp³-hybridized carbons (Fsp3) is 0.533. The topological polar surface area (TPSA) is 55.6 Å². The highest BCUT2D eigenvalue weighted by molar-refractivity contribution is 9.10. The summed E-state index contributed by atoms with van der Waals surface area (Å²) in [7, 11) is 0. The highest BCUT2D eigenvalue weighted by Crippen LogP contribution is 2.26. The van der Waals surface area contributed by atoms with Gasteiger partial charge in [0.15, 0.2) is 5.82 Å². The summed E-state index contributed by atoms with van der Waals surface area (Å²) < 4.78 is 2.93. The summed E-state index contributed by atoms with van der Waals surface area (Å²) in [6.45, 7) is 11.1. The van der Waals surface area contributed by atoms with Crippen LogP contribution in [0.3, 0.4) is 0 Å². The maximum atomic E-state index is 4.72. The minimum absolute atomic E-state index is 0.837. The number of rotatable bonds is 5.